The van der Waals surface area contributed by atoms with Crippen LogP contribution in [0.4, 0.5) is 0 Å². The average Bonchev–Trinajstić information content (AvgIpc) is 2.87. The van der Waals surface area contributed by atoms with E-state index in [2.05, 4.69) is 4.72 Å². The quantitative estimate of drug-likeness (QED) is 0.765. The van der Waals surface area contributed by atoms with Crippen LogP contribution in [0, 0.1) is 0 Å². The fraction of sp³-hybridized carbons (Fsp3) is 0.455. The summed E-state index contributed by atoms with van der Waals surface area (Å²) < 4.78 is 25.3. The maximum absolute atomic E-state index is 12.0. The molecule has 20 heavy (non-hydrogen) atoms. The van der Waals surface area contributed by atoms with Crippen molar-refractivity contribution in [3.63, 3.8) is 0 Å². The number of sulfonamides is 1. The summed E-state index contributed by atoms with van der Waals surface area (Å²) >= 11 is 1.04. The number of carbonyl (C=O) groups excluding carboxylic acids is 1. The van der Waals surface area contributed by atoms with Gasteiger partial charge in [0.1, 0.15) is 0 Å². The Labute approximate surface area is 121 Å². The molecule has 1 amide bonds. The zero-order chi connectivity index (χ0) is 15.3. The number of carbonyl (C=O) groups is 2. The minimum Gasteiger partial charge on any atom is -0.481 e. The van der Waals surface area contributed by atoms with E-state index in [0.717, 1.165) is 11.3 Å². The van der Waals surface area contributed by atoms with Crippen molar-refractivity contribution in [2.75, 3.05) is 20.6 Å². The molecule has 0 aliphatic heterocycles. The molecular formula is C11H16N2O5S2. The summed E-state index contributed by atoms with van der Waals surface area (Å²) in [6.45, 7) is 0.303. The van der Waals surface area contributed by atoms with Gasteiger partial charge in [-0.1, -0.05) is 0 Å². The Kier molecular flexibility index (Phi) is 5.66. The third-order valence-electron chi connectivity index (χ3n) is 2.60. The highest BCUT2D eigenvalue weighted by atomic mass is 32.2. The number of rotatable bonds is 7. The number of hydrogen-bond acceptors (Lipinski definition) is 5. The van der Waals surface area contributed by atoms with Crippen molar-refractivity contribution in [2.45, 2.75) is 17.7 Å². The van der Waals surface area contributed by atoms with Crippen LogP contribution in [0.25, 0.3) is 0 Å². The minimum atomic E-state index is -3.55. The summed E-state index contributed by atoms with van der Waals surface area (Å²) in [6.07, 6.45) is 0.339. The van der Waals surface area contributed by atoms with Crippen molar-refractivity contribution in [1.82, 2.24) is 9.62 Å². The zero-order valence-corrected chi connectivity index (χ0v) is 12.8. The van der Waals surface area contributed by atoms with Gasteiger partial charge in [-0.25, -0.2) is 13.1 Å². The first kappa shape index (κ1) is 16.6. The van der Waals surface area contributed by atoms with Crippen molar-refractivity contribution < 1.29 is 23.1 Å². The topological polar surface area (TPSA) is 104 Å². The van der Waals surface area contributed by atoms with Crippen LogP contribution in [-0.4, -0.2) is 50.9 Å². The molecule has 0 aliphatic carbocycles. The second kappa shape index (κ2) is 6.82. The van der Waals surface area contributed by atoms with Crippen molar-refractivity contribution >= 4 is 33.2 Å². The Morgan fingerprint density at radius 3 is 2.65 bits per heavy atom. The molecule has 1 rings (SSSR count). The zero-order valence-electron chi connectivity index (χ0n) is 11.1. The maximum atomic E-state index is 12.0. The number of aliphatic carboxylic acids is 1. The number of amides is 1. The predicted molar refractivity (Wildman–Crippen MR) is 74.4 cm³/mol. The molecule has 0 saturated heterocycles. The Balaban J connectivity index is 2.71. The van der Waals surface area contributed by atoms with Crippen LogP contribution in [-0.2, 0) is 14.8 Å². The van der Waals surface area contributed by atoms with E-state index in [4.69, 9.17) is 5.11 Å². The van der Waals surface area contributed by atoms with E-state index in [9.17, 15) is 18.0 Å². The van der Waals surface area contributed by atoms with Gasteiger partial charge in [0.15, 0.2) is 0 Å². The lowest BCUT2D eigenvalue weighted by Gasteiger charge is -2.15. The maximum Gasteiger partial charge on any atom is 0.303 e. The molecule has 0 aliphatic rings. The lowest BCUT2D eigenvalue weighted by atomic mass is 10.3. The molecule has 0 aromatic carbocycles. The Hall–Kier alpha value is -1.45. The van der Waals surface area contributed by atoms with Gasteiger partial charge in [0, 0.05) is 25.4 Å². The lowest BCUT2D eigenvalue weighted by Crippen LogP contribution is -2.27. The van der Waals surface area contributed by atoms with Gasteiger partial charge >= 0.3 is 5.97 Å². The van der Waals surface area contributed by atoms with E-state index in [1.807, 2.05) is 0 Å². The van der Waals surface area contributed by atoms with Gasteiger partial charge in [-0.15, -0.1) is 11.3 Å². The monoisotopic (exact) mass is 320 g/mol. The largest absolute Gasteiger partial charge is 0.481 e. The SMILES string of the molecule is CNS(=O)(=O)c1csc(C(=O)N(C)CCCC(=O)O)c1. The molecule has 1 aromatic rings. The van der Waals surface area contributed by atoms with Crippen LogP contribution < -0.4 is 4.72 Å². The fourth-order valence-corrected chi connectivity index (χ4v) is 3.44. The smallest absolute Gasteiger partial charge is 0.303 e. The molecule has 9 heteroatoms. The molecule has 0 saturated carbocycles. The first-order chi connectivity index (χ1) is 9.27. The number of carboxylic acids is 1. The molecule has 0 atom stereocenters. The van der Waals surface area contributed by atoms with Gasteiger partial charge in [-0.2, -0.15) is 0 Å². The molecule has 1 aromatic heterocycles. The summed E-state index contributed by atoms with van der Waals surface area (Å²) in [7, 11) is -0.703. The molecule has 7 nitrogen and oxygen atoms in total. The average molecular weight is 320 g/mol. The Morgan fingerprint density at radius 1 is 1.45 bits per heavy atom. The van der Waals surface area contributed by atoms with Gasteiger partial charge in [0.25, 0.3) is 5.91 Å². The highest BCUT2D eigenvalue weighted by molar-refractivity contribution is 7.89. The molecule has 112 valence electrons. The van der Waals surface area contributed by atoms with E-state index in [1.54, 1.807) is 7.05 Å². The molecular weight excluding hydrogens is 304 g/mol. The number of hydrogen-bond donors (Lipinski definition) is 2. The van der Waals surface area contributed by atoms with Crippen molar-refractivity contribution in [3.05, 3.63) is 16.3 Å². The van der Waals surface area contributed by atoms with E-state index in [1.165, 1.54) is 23.4 Å². The van der Waals surface area contributed by atoms with Gasteiger partial charge in [-0.05, 0) is 19.5 Å². The summed E-state index contributed by atoms with van der Waals surface area (Å²) in [4.78, 5) is 24.1. The fourth-order valence-electron chi connectivity index (χ4n) is 1.45. The highest BCUT2D eigenvalue weighted by Crippen LogP contribution is 2.20. The second-order valence-corrected chi connectivity index (χ2v) is 6.88. The van der Waals surface area contributed by atoms with Crippen LogP contribution in [0.15, 0.2) is 16.3 Å². The van der Waals surface area contributed by atoms with Gasteiger partial charge in [0.05, 0.1) is 9.77 Å². The third-order valence-corrected chi connectivity index (χ3v) is 5.06. The molecule has 2 N–H and O–H groups in total. The van der Waals surface area contributed by atoms with Crippen molar-refractivity contribution in [2.24, 2.45) is 0 Å². The van der Waals surface area contributed by atoms with Gasteiger partial charge in [-0.3, -0.25) is 9.59 Å². The van der Waals surface area contributed by atoms with E-state index >= 15 is 0 Å². The number of nitrogens with one attached hydrogen (secondary N) is 1. The standard InChI is InChI=1S/C11H16N2O5S2/c1-12-20(17,18)8-6-9(19-7-8)11(16)13(2)5-3-4-10(14)15/h6-7,12H,3-5H2,1-2H3,(H,14,15). The van der Waals surface area contributed by atoms with Crippen LogP contribution in [0.2, 0.25) is 0 Å². The third kappa shape index (κ3) is 4.29. The van der Waals surface area contributed by atoms with E-state index in [0.29, 0.717) is 17.8 Å². The number of carboxylic acid groups (broad SMARTS) is 1. The first-order valence-corrected chi connectivity index (χ1v) is 8.13. The van der Waals surface area contributed by atoms with Gasteiger partial charge < -0.3 is 10.0 Å². The molecule has 1 heterocycles. The van der Waals surface area contributed by atoms with Gasteiger partial charge in [0.2, 0.25) is 10.0 Å². The highest BCUT2D eigenvalue weighted by Gasteiger charge is 2.19. The normalized spacial score (nSPS) is 11.3. The van der Waals surface area contributed by atoms with Crippen molar-refractivity contribution in [1.29, 1.82) is 0 Å². The first-order valence-electron chi connectivity index (χ1n) is 5.77. The van der Waals surface area contributed by atoms with Crippen LogP contribution >= 0.6 is 11.3 Å². The van der Waals surface area contributed by atoms with E-state index < -0.39 is 16.0 Å². The Bertz CT molecular complexity index is 594. The number of nitrogens with zero attached hydrogens (tertiary/aromatic N) is 1. The molecule has 0 fully saturated rings. The summed E-state index contributed by atoms with van der Waals surface area (Å²) in [6, 6.07) is 1.31. The minimum absolute atomic E-state index is 0.0125. The predicted octanol–water partition coefficient (Wildman–Crippen LogP) is 0.593. The van der Waals surface area contributed by atoms with Crippen LogP contribution in [0.3, 0.4) is 0 Å². The van der Waals surface area contributed by atoms with Crippen LogP contribution in [0.1, 0.15) is 22.5 Å². The Morgan fingerprint density at radius 2 is 2.10 bits per heavy atom. The summed E-state index contributed by atoms with van der Waals surface area (Å²) in [5.74, 6) is -1.23. The summed E-state index contributed by atoms with van der Waals surface area (Å²) in [5.41, 5.74) is 0. The molecule has 0 spiro atoms. The molecule has 0 unspecified atom stereocenters. The van der Waals surface area contributed by atoms with Crippen molar-refractivity contribution in [3.8, 4) is 0 Å². The molecule has 0 bridgehead atoms. The van der Waals surface area contributed by atoms with Crippen LogP contribution in [0.5, 0.6) is 0 Å². The number of thiophene rings is 1. The lowest BCUT2D eigenvalue weighted by molar-refractivity contribution is -0.137. The molecule has 0 radical (unpaired) electrons. The van der Waals surface area contributed by atoms with E-state index in [-0.39, 0.29) is 17.2 Å². The summed E-state index contributed by atoms with van der Waals surface area (Å²) in [5, 5.41) is 9.92. The second-order valence-electron chi connectivity index (χ2n) is 4.08.